The van der Waals surface area contributed by atoms with Gasteiger partial charge in [0.1, 0.15) is 5.75 Å². The lowest BCUT2D eigenvalue weighted by atomic mass is 10.1. The molecule has 0 radical (unpaired) electrons. The molecule has 1 aromatic rings. The molecule has 1 atom stereocenters. The van der Waals surface area contributed by atoms with E-state index in [-0.39, 0.29) is 0 Å². The molecule has 1 aliphatic carbocycles. The highest BCUT2D eigenvalue weighted by Gasteiger charge is 2.26. The van der Waals surface area contributed by atoms with Crippen LogP contribution in [0.25, 0.3) is 0 Å². The molecule has 0 spiro atoms. The van der Waals surface area contributed by atoms with Crippen LogP contribution in [-0.2, 0) is 4.79 Å². The van der Waals surface area contributed by atoms with Crippen LogP contribution < -0.4 is 10.1 Å². The normalized spacial score (nSPS) is 16.3. The number of nitrogens with one attached hydrogen (secondary N) is 1. The van der Waals surface area contributed by atoms with E-state index in [1.807, 2.05) is 32.0 Å². The van der Waals surface area contributed by atoms with Gasteiger partial charge in [-0.15, -0.1) is 0 Å². The lowest BCUT2D eigenvalue weighted by molar-refractivity contribution is -0.144. The molecule has 18 heavy (non-hydrogen) atoms. The third kappa shape index (κ3) is 3.23. The van der Waals surface area contributed by atoms with Crippen LogP contribution >= 0.6 is 0 Å². The number of aliphatic carboxylic acids is 1. The van der Waals surface area contributed by atoms with E-state index >= 15 is 0 Å². The van der Waals surface area contributed by atoms with E-state index in [1.165, 1.54) is 0 Å². The Labute approximate surface area is 107 Å². The Bertz CT molecular complexity index is 441. The molecule has 0 aromatic heterocycles. The van der Waals surface area contributed by atoms with E-state index in [0.29, 0.717) is 18.3 Å². The molecule has 2 N–H and O–H groups in total. The van der Waals surface area contributed by atoms with Gasteiger partial charge in [0.15, 0.2) is 0 Å². The number of ether oxygens (including phenoxy) is 1. The van der Waals surface area contributed by atoms with E-state index in [9.17, 15) is 4.79 Å². The Morgan fingerprint density at radius 2 is 2.22 bits per heavy atom. The van der Waals surface area contributed by atoms with Gasteiger partial charge in [-0.05, 0) is 43.9 Å². The molecule has 0 amide bonds. The maximum atomic E-state index is 11.2. The van der Waals surface area contributed by atoms with Crippen LogP contribution in [0.4, 0.5) is 0 Å². The standard InChI is InChI=1S/C14H19NO3/c1-9-4-3-5-12(10(9)2)18-13(14(16)17)8-15-11-6-7-11/h3-5,11,13,15H,6-8H2,1-2H3,(H,16,17). The average Bonchev–Trinajstić information content (AvgIpc) is 3.13. The third-order valence-corrected chi connectivity index (χ3v) is 3.27. The minimum absolute atomic E-state index is 0.355. The zero-order chi connectivity index (χ0) is 13.1. The largest absolute Gasteiger partial charge is 0.478 e. The molecule has 0 heterocycles. The van der Waals surface area contributed by atoms with Crippen LogP contribution in [0.1, 0.15) is 24.0 Å². The molecule has 1 saturated carbocycles. The van der Waals surface area contributed by atoms with Crippen molar-refractivity contribution >= 4 is 5.97 Å². The molecular formula is C14H19NO3. The Balaban J connectivity index is 2.02. The van der Waals surface area contributed by atoms with Crippen molar-refractivity contribution in [3.05, 3.63) is 29.3 Å². The summed E-state index contributed by atoms with van der Waals surface area (Å²) in [6.45, 7) is 4.28. The van der Waals surface area contributed by atoms with Gasteiger partial charge in [0.05, 0.1) is 0 Å². The molecule has 4 heteroatoms. The highest BCUT2D eigenvalue weighted by molar-refractivity contribution is 5.73. The molecule has 1 unspecified atom stereocenters. The minimum Gasteiger partial charge on any atom is -0.478 e. The number of carbonyl (C=O) groups is 1. The minimum atomic E-state index is -0.927. The summed E-state index contributed by atoms with van der Waals surface area (Å²) < 4.78 is 5.60. The Hall–Kier alpha value is -1.55. The number of benzene rings is 1. The fourth-order valence-corrected chi connectivity index (χ4v) is 1.75. The van der Waals surface area contributed by atoms with Crippen molar-refractivity contribution in [2.75, 3.05) is 6.54 Å². The quantitative estimate of drug-likeness (QED) is 0.808. The second kappa shape index (κ2) is 5.40. The number of carboxylic acid groups (broad SMARTS) is 1. The van der Waals surface area contributed by atoms with Crippen molar-refractivity contribution in [2.45, 2.75) is 38.8 Å². The zero-order valence-corrected chi connectivity index (χ0v) is 10.8. The Morgan fingerprint density at radius 3 is 2.83 bits per heavy atom. The molecule has 0 saturated heterocycles. The first kappa shape index (κ1) is 12.9. The lowest BCUT2D eigenvalue weighted by Gasteiger charge is -2.18. The van der Waals surface area contributed by atoms with E-state index < -0.39 is 12.1 Å². The fraction of sp³-hybridized carbons (Fsp3) is 0.500. The van der Waals surface area contributed by atoms with Gasteiger partial charge in [0.25, 0.3) is 0 Å². The average molecular weight is 249 g/mol. The molecule has 1 aliphatic rings. The summed E-state index contributed by atoms with van der Waals surface area (Å²) in [7, 11) is 0. The summed E-state index contributed by atoms with van der Waals surface area (Å²) in [6.07, 6.45) is 1.44. The molecule has 0 bridgehead atoms. The van der Waals surface area contributed by atoms with Gasteiger partial charge < -0.3 is 15.2 Å². The summed E-state index contributed by atoms with van der Waals surface area (Å²) in [4.78, 5) is 11.2. The Kier molecular flexibility index (Phi) is 3.87. The van der Waals surface area contributed by atoms with Gasteiger partial charge in [-0.3, -0.25) is 0 Å². The van der Waals surface area contributed by atoms with Crippen LogP contribution in [0.2, 0.25) is 0 Å². The fourth-order valence-electron chi connectivity index (χ4n) is 1.75. The first-order valence-electron chi connectivity index (χ1n) is 6.27. The number of hydrogen-bond donors (Lipinski definition) is 2. The van der Waals surface area contributed by atoms with Crippen molar-refractivity contribution in [3.63, 3.8) is 0 Å². The van der Waals surface area contributed by atoms with Gasteiger partial charge in [-0.25, -0.2) is 4.79 Å². The van der Waals surface area contributed by atoms with Crippen LogP contribution in [0, 0.1) is 13.8 Å². The second-order valence-electron chi connectivity index (χ2n) is 4.83. The lowest BCUT2D eigenvalue weighted by Crippen LogP contribution is -2.38. The summed E-state index contributed by atoms with van der Waals surface area (Å²) in [5.41, 5.74) is 2.10. The van der Waals surface area contributed by atoms with E-state index in [2.05, 4.69) is 5.32 Å². The first-order chi connectivity index (χ1) is 8.58. The topological polar surface area (TPSA) is 58.6 Å². The summed E-state index contributed by atoms with van der Waals surface area (Å²) >= 11 is 0. The van der Waals surface area contributed by atoms with Crippen LogP contribution in [-0.4, -0.2) is 29.8 Å². The SMILES string of the molecule is Cc1cccc(OC(CNC2CC2)C(=O)O)c1C. The first-order valence-corrected chi connectivity index (χ1v) is 6.27. The molecule has 2 rings (SSSR count). The van der Waals surface area contributed by atoms with Gasteiger partial charge >= 0.3 is 5.97 Å². The van der Waals surface area contributed by atoms with Crippen molar-refractivity contribution < 1.29 is 14.6 Å². The maximum Gasteiger partial charge on any atom is 0.346 e. The molecule has 1 fully saturated rings. The predicted octanol–water partition coefficient (Wildman–Crippen LogP) is 1.89. The highest BCUT2D eigenvalue weighted by Crippen LogP contribution is 2.22. The van der Waals surface area contributed by atoms with Crippen molar-refractivity contribution in [1.29, 1.82) is 0 Å². The summed E-state index contributed by atoms with van der Waals surface area (Å²) in [5, 5.41) is 12.3. The molecule has 98 valence electrons. The van der Waals surface area contributed by atoms with Crippen LogP contribution in [0.15, 0.2) is 18.2 Å². The van der Waals surface area contributed by atoms with Gasteiger partial charge in [0, 0.05) is 12.6 Å². The van der Waals surface area contributed by atoms with Gasteiger partial charge in [-0.1, -0.05) is 12.1 Å². The van der Waals surface area contributed by atoms with E-state index in [0.717, 1.165) is 24.0 Å². The highest BCUT2D eigenvalue weighted by atomic mass is 16.5. The van der Waals surface area contributed by atoms with Crippen molar-refractivity contribution in [3.8, 4) is 5.75 Å². The van der Waals surface area contributed by atoms with Gasteiger partial charge in [0.2, 0.25) is 6.10 Å². The predicted molar refractivity (Wildman–Crippen MR) is 69.0 cm³/mol. The van der Waals surface area contributed by atoms with E-state index in [4.69, 9.17) is 9.84 Å². The molecule has 1 aromatic carbocycles. The van der Waals surface area contributed by atoms with Crippen molar-refractivity contribution in [2.24, 2.45) is 0 Å². The maximum absolute atomic E-state index is 11.2. The van der Waals surface area contributed by atoms with Gasteiger partial charge in [-0.2, -0.15) is 0 Å². The van der Waals surface area contributed by atoms with Crippen molar-refractivity contribution in [1.82, 2.24) is 5.32 Å². The van der Waals surface area contributed by atoms with E-state index in [1.54, 1.807) is 0 Å². The molecule has 0 aliphatic heterocycles. The number of aryl methyl sites for hydroxylation is 1. The summed E-state index contributed by atoms with van der Waals surface area (Å²) in [5.74, 6) is -0.274. The summed E-state index contributed by atoms with van der Waals surface area (Å²) in [6, 6.07) is 6.16. The number of rotatable bonds is 6. The number of hydrogen-bond acceptors (Lipinski definition) is 3. The van der Waals surface area contributed by atoms with Crippen LogP contribution in [0.3, 0.4) is 0 Å². The number of carboxylic acids is 1. The monoisotopic (exact) mass is 249 g/mol. The molecular weight excluding hydrogens is 230 g/mol. The second-order valence-corrected chi connectivity index (χ2v) is 4.83. The zero-order valence-electron chi connectivity index (χ0n) is 10.8. The Morgan fingerprint density at radius 1 is 1.50 bits per heavy atom. The smallest absolute Gasteiger partial charge is 0.346 e. The van der Waals surface area contributed by atoms with Crippen LogP contribution in [0.5, 0.6) is 5.75 Å². The molecule has 4 nitrogen and oxygen atoms in total. The third-order valence-electron chi connectivity index (χ3n) is 3.27.